The highest BCUT2D eigenvalue weighted by Gasteiger charge is 2.40. The van der Waals surface area contributed by atoms with Gasteiger partial charge in [-0.05, 0) is 55.7 Å². The summed E-state index contributed by atoms with van der Waals surface area (Å²) in [4.78, 5) is 24.3. The van der Waals surface area contributed by atoms with Gasteiger partial charge in [-0.15, -0.1) is 5.10 Å². The number of Topliss-reactive ketones (excluding diaryl/α,β-unsaturated/α-hetero) is 1. The van der Waals surface area contributed by atoms with E-state index in [9.17, 15) is 18.2 Å². The molecule has 4 rings (SSSR count). The lowest BCUT2D eigenvalue weighted by Gasteiger charge is -2.37. The first-order valence-corrected chi connectivity index (χ1v) is 11.7. The van der Waals surface area contributed by atoms with E-state index in [4.69, 9.17) is 16.0 Å². The third kappa shape index (κ3) is 4.14. The molecule has 8 nitrogen and oxygen atoms in total. The zero-order valence-electron chi connectivity index (χ0n) is 18.4. The van der Waals surface area contributed by atoms with E-state index >= 15 is 0 Å². The predicted octanol–water partition coefficient (Wildman–Crippen LogP) is 4.23. The minimum atomic E-state index is -1.87. The number of carbonyl (C=O) groups excluding carboxylic acids is 1. The number of fused-ring (bicyclic) bond motifs is 1. The summed E-state index contributed by atoms with van der Waals surface area (Å²) in [5.41, 5.74) is 2.70. The molecule has 1 aliphatic heterocycles. The van der Waals surface area contributed by atoms with Gasteiger partial charge in [-0.3, -0.25) is 4.79 Å². The molecular formula is C22H22ClFN4O4S. The molecule has 0 amide bonds. The van der Waals surface area contributed by atoms with Crippen molar-refractivity contribution in [2.24, 2.45) is 0 Å². The third-order valence-corrected chi connectivity index (χ3v) is 7.71. The maximum Gasteiger partial charge on any atom is 0.434 e. The molecule has 174 valence electrons. The minimum Gasteiger partial charge on any atom is -0.391 e. The molecule has 3 atom stereocenters. The number of aromatic nitrogens is 2. The highest BCUT2D eigenvalue weighted by molar-refractivity contribution is 7.83. The molecule has 0 spiro atoms. The Morgan fingerprint density at radius 1 is 1.33 bits per heavy atom. The van der Waals surface area contributed by atoms with Gasteiger partial charge in [0.05, 0.1) is 17.3 Å². The number of hydrogen-bond donors (Lipinski definition) is 2. The first-order valence-electron chi connectivity index (χ1n) is 10.2. The number of nitrogens with one attached hydrogen (secondary N) is 2. The lowest BCUT2D eigenvalue weighted by Crippen LogP contribution is -2.41. The Balaban J connectivity index is 1.88. The number of ketones is 1. The Labute approximate surface area is 196 Å². The van der Waals surface area contributed by atoms with Crippen molar-refractivity contribution in [1.29, 1.82) is 0 Å². The van der Waals surface area contributed by atoms with E-state index in [1.165, 1.54) is 23.4 Å². The number of aryl methyl sites for hydroxylation is 1. The Kier molecular flexibility index (Phi) is 6.26. The van der Waals surface area contributed by atoms with Gasteiger partial charge in [-0.25, -0.2) is 18.5 Å². The maximum absolute atomic E-state index is 15.0. The number of aromatic amines is 1. The lowest BCUT2D eigenvalue weighted by molar-refractivity contribution is 0.101. The van der Waals surface area contributed by atoms with Crippen molar-refractivity contribution in [2.45, 2.75) is 44.6 Å². The fourth-order valence-corrected chi connectivity index (χ4v) is 6.01. The SMILES string of the molecule is CC(=O)c1cc(Cl)cc2c1S(=O)N(C(c1n[nH]c(=O)o1)C(C)c1c(F)ccc(C)c1C)CN2. The van der Waals surface area contributed by atoms with Crippen LogP contribution in [0.2, 0.25) is 5.02 Å². The third-order valence-electron chi connectivity index (χ3n) is 5.93. The van der Waals surface area contributed by atoms with Crippen molar-refractivity contribution in [2.75, 3.05) is 12.0 Å². The summed E-state index contributed by atoms with van der Waals surface area (Å²) in [6, 6.07) is 5.22. The maximum atomic E-state index is 15.0. The smallest absolute Gasteiger partial charge is 0.391 e. The van der Waals surface area contributed by atoms with Gasteiger partial charge >= 0.3 is 5.76 Å². The van der Waals surface area contributed by atoms with Crippen LogP contribution in [-0.4, -0.2) is 31.2 Å². The lowest BCUT2D eigenvalue weighted by atomic mass is 9.87. The second-order valence-corrected chi connectivity index (χ2v) is 9.79. The molecule has 0 bridgehead atoms. The van der Waals surface area contributed by atoms with Crippen molar-refractivity contribution >= 4 is 34.1 Å². The van der Waals surface area contributed by atoms with Gasteiger partial charge in [0.15, 0.2) is 5.78 Å². The van der Waals surface area contributed by atoms with E-state index in [1.807, 2.05) is 6.92 Å². The van der Waals surface area contributed by atoms with Gasteiger partial charge in [0.25, 0.3) is 0 Å². The average molecular weight is 493 g/mol. The summed E-state index contributed by atoms with van der Waals surface area (Å²) in [6.07, 6.45) is 0. The largest absolute Gasteiger partial charge is 0.434 e. The molecule has 0 radical (unpaired) electrons. The van der Waals surface area contributed by atoms with Crippen LogP contribution in [0.4, 0.5) is 10.1 Å². The summed E-state index contributed by atoms with van der Waals surface area (Å²) in [5, 5.41) is 9.64. The van der Waals surface area contributed by atoms with Gasteiger partial charge in [0, 0.05) is 16.5 Å². The molecule has 3 unspecified atom stereocenters. The van der Waals surface area contributed by atoms with Crippen LogP contribution >= 0.6 is 11.6 Å². The number of hydrogen-bond acceptors (Lipinski definition) is 6. The number of carbonyl (C=O) groups is 1. The normalized spacial score (nSPS) is 17.8. The Morgan fingerprint density at radius 3 is 2.70 bits per heavy atom. The number of anilines is 1. The summed E-state index contributed by atoms with van der Waals surface area (Å²) in [5.74, 6) is -2.17. The number of halogens is 2. The van der Waals surface area contributed by atoms with Gasteiger partial charge < -0.3 is 9.73 Å². The van der Waals surface area contributed by atoms with Crippen molar-refractivity contribution in [3.05, 3.63) is 73.8 Å². The monoisotopic (exact) mass is 492 g/mol. The van der Waals surface area contributed by atoms with Gasteiger partial charge in [-0.2, -0.15) is 4.31 Å². The second kappa shape index (κ2) is 8.85. The molecular weight excluding hydrogens is 471 g/mol. The Hall–Kier alpha value is -2.82. The predicted molar refractivity (Wildman–Crippen MR) is 122 cm³/mol. The molecule has 0 aliphatic carbocycles. The minimum absolute atomic E-state index is 0.0373. The molecule has 33 heavy (non-hydrogen) atoms. The van der Waals surface area contributed by atoms with Crippen molar-refractivity contribution in [3.8, 4) is 0 Å². The van der Waals surface area contributed by atoms with Crippen LogP contribution < -0.4 is 11.1 Å². The second-order valence-electron chi connectivity index (χ2n) is 7.98. The van der Waals surface area contributed by atoms with E-state index in [0.29, 0.717) is 16.3 Å². The van der Waals surface area contributed by atoms with Crippen LogP contribution in [0.25, 0.3) is 0 Å². The van der Waals surface area contributed by atoms with Crippen molar-refractivity contribution in [3.63, 3.8) is 0 Å². The van der Waals surface area contributed by atoms with E-state index in [0.717, 1.165) is 11.1 Å². The number of H-pyrrole nitrogens is 1. The van der Waals surface area contributed by atoms with Crippen LogP contribution in [0.15, 0.2) is 38.4 Å². The molecule has 3 aromatic rings. The zero-order valence-corrected chi connectivity index (χ0v) is 19.9. The standard InChI is InChI=1S/C22H22ClFN4O4S/c1-10-5-6-16(24)18(11(10)2)12(3)19(21-26-27-22(30)32-21)28-9-25-17-8-14(23)7-15(13(4)29)20(17)33(28)31/h5-8,12,19,25H,9H2,1-4H3,(H,27,30). The van der Waals surface area contributed by atoms with E-state index in [2.05, 4.69) is 15.5 Å². The topological polar surface area (TPSA) is 108 Å². The molecule has 0 fully saturated rings. The van der Waals surface area contributed by atoms with Crippen LogP contribution in [0.1, 0.15) is 58.7 Å². The average Bonchev–Trinajstić information content (AvgIpc) is 3.18. The van der Waals surface area contributed by atoms with Crippen molar-refractivity contribution < 1.29 is 17.8 Å². The Morgan fingerprint density at radius 2 is 2.06 bits per heavy atom. The highest BCUT2D eigenvalue weighted by Crippen LogP contribution is 2.42. The number of rotatable bonds is 5. The summed E-state index contributed by atoms with van der Waals surface area (Å²) in [6.45, 7) is 6.84. The van der Waals surface area contributed by atoms with Gasteiger partial charge in [0.1, 0.15) is 22.8 Å². The van der Waals surface area contributed by atoms with Gasteiger partial charge in [-0.1, -0.05) is 24.6 Å². The fourth-order valence-electron chi connectivity index (χ4n) is 4.19. The fraction of sp³-hybridized carbons (Fsp3) is 0.318. The van der Waals surface area contributed by atoms with Crippen LogP contribution in [0.5, 0.6) is 0 Å². The molecule has 2 aromatic carbocycles. The molecule has 11 heteroatoms. The van der Waals surface area contributed by atoms with Crippen LogP contribution in [-0.2, 0) is 11.0 Å². The summed E-state index contributed by atoms with van der Waals surface area (Å²) < 4.78 is 35.5. The Bertz CT molecular complexity index is 1340. The highest BCUT2D eigenvalue weighted by atomic mass is 35.5. The van der Waals surface area contributed by atoms with E-state index < -0.39 is 34.5 Å². The quantitative estimate of drug-likeness (QED) is 0.516. The molecule has 2 heterocycles. The first kappa shape index (κ1) is 23.3. The summed E-state index contributed by atoms with van der Waals surface area (Å²) in [7, 11) is -1.87. The molecule has 2 N–H and O–H groups in total. The molecule has 0 saturated carbocycles. The van der Waals surface area contributed by atoms with E-state index in [-0.39, 0.29) is 28.8 Å². The van der Waals surface area contributed by atoms with Crippen LogP contribution in [0.3, 0.4) is 0 Å². The molecule has 1 aliphatic rings. The van der Waals surface area contributed by atoms with Gasteiger partial charge in [0.2, 0.25) is 5.89 Å². The van der Waals surface area contributed by atoms with Crippen LogP contribution in [0, 0.1) is 19.7 Å². The number of benzene rings is 2. The number of nitrogens with zero attached hydrogens (tertiary/aromatic N) is 2. The van der Waals surface area contributed by atoms with E-state index in [1.54, 1.807) is 26.0 Å². The molecule has 0 saturated heterocycles. The summed E-state index contributed by atoms with van der Waals surface area (Å²) >= 11 is 6.14. The first-order chi connectivity index (χ1) is 15.6. The zero-order chi connectivity index (χ0) is 24.0. The van der Waals surface area contributed by atoms with Crippen molar-refractivity contribution in [1.82, 2.24) is 14.5 Å². The molecule has 1 aromatic heterocycles.